The van der Waals surface area contributed by atoms with Gasteiger partial charge in [0.15, 0.2) is 0 Å². The van der Waals surface area contributed by atoms with Crippen LogP contribution in [-0.2, 0) is 19.8 Å². The Labute approximate surface area is 129 Å². The number of carbonyl (C=O) groups excluding carboxylic acids is 3. The van der Waals surface area contributed by atoms with Crippen molar-refractivity contribution < 1.29 is 14.4 Å². The van der Waals surface area contributed by atoms with Crippen LogP contribution in [0.1, 0.15) is 38.2 Å². The van der Waals surface area contributed by atoms with E-state index in [9.17, 15) is 14.4 Å². The zero-order chi connectivity index (χ0) is 15.7. The van der Waals surface area contributed by atoms with Crippen LogP contribution >= 0.6 is 0 Å². The highest BCUT2D eigenvalue weighted by Crippen LogP contribution is 2.36. The lowest BCUT2D eigenvalue weighted by atomic mass is 9.81. The number of hydrogen-bond donors (Lipinski definition) is 1. The summed E-state index contributed by atoms with van der Waals surface area (Å²) >= 11 is 0. The molecule has 3 amide bonds. The fourth-order valence-corrected chi connectivity index (χ4v) is 2.88. The van der Waals surface area contributed by atoms with Crippen molar-refractivity contribution in [2.24, 2.45) is 0 Å². The van der Waals surface area contributed by atoms with Gasteiger partial charge in [0, 0.05) is 25.4 Å². The van der Waals surface area contributed by atoms with Crippen molar-refractivity contribution in [1.29, 1.82) is 0 Å². The summed E-state index contributed by atoms with van der Waals surface area (Å²) in [6.07, 6.45) is 2.40. The van der Waals surface area contributed by atoms with Crippen LogP contribution in [0.4, 0.5) is 0 Å². The summed E-state index contributed by atoms with van der Waals surface area (Å²) in [6.45, 7) is 1.96. The number of carbonyl (C=O) groups is 3. The van der Waals surface area contributed by atoms with Crippen LogP contribution in [0.25, 0.3) is 0 Å². The van der Waals surface area contributed by atoms with Gasteiger partial charge in [0.05, 0.1) is 5.41 Å². The molecule has 0 radical (unpaired) electrons. The Morgan fingerprint density at radius 3 is 2.59 bits per heavy atom. The van der Waals surface area contributed by atoms with E-state index in [0.717, 1.165) is 18.4 Å². The fourth-order valence-electron chi connectivity index (χ4n) is 2.88. The van der Waals surface area contributed by atoms with E-state index in [2.05, 4.69) is 5.32 Å². The molecule has 0 aromatic heterocycles. The van der Waals surface area contributed by atoms with E-state index in [1.807, 2.05) is 30.3 Å². The van der Waals surface area contributed by atoms with Crippen LogP contribution in [0, 0.1) is 0 Å². The normalized spacial score (nSPS) is 24.7. The summed E-state index contributed by atoms with van der Waals surface area (Å²) in [5, 5.41) is 2.87. The molecule has 1 aliphatic heterocycles. The molecular weight excluding hydrogens is 280 g/mol. The van der Waals surface area contributed by atoms with Crippen molar-refractivity contribution in [2.45, 2.75) is 44.1 Å². The Kier molecular flexibility index (Phi) is 3.72. The van der Waals surface area contributed by atoms with Crippen molar-refractivity contribution in [3.63, 3.8) is 0 Å². The number of rotatable bonds is 5. The third-order valence-corrected chi connectivity index (χ3v) is 4.44. The van der Waals surface area contributed by atoms with Crippen molar-refractivity contribution in [3.05, 3.63) is 35.9 Å². The van der Waals surface area contributed by atoms with E-state index in [4.69, 9.17) is 0 Å². The standard InChI is InChI=1S/C17H20N2O3/c1-17(12-5-3-2-4-6-12)11-15(21)19(16(17)22)10-9-14(20)18-13-7-8-13/h2-6,13H,7-11H2,1H3,(H,18,20). The highest BCUT2D eigenvalue weighted by Gasteiger charge is 2.49. The van der Waals surface area contributed by atoms with Gasteiger partial charge in [0.2, 0.25) is 17.7 Å². The van der Waals surface area contributed by atoms with Crippen molar-refractivity contribution in [3.8, 4) is 0 Å². The second-order valence-corrected chi connectivity index (χ2v) is 6.32. The number of amides is 3. The molecule has 22 heavy (non-hydrogen) atoms. The minimum Gasteiger partial charge on any atom is -0.353 e. The first kappa shape index (κ1) is 14.8. The quantitative estimate of drug-likeness (QED) is 0.835. The van der Waals surface area contributed by atoms with Gasteiger partial charge in [-0.25, -0.2) is 0 Å². The third kappa shape index (κ3) is 2.75. The van der Waals surface area contributed by atoms with Crippen molar-refractivity contribution in [1.82, 2.24) is 10.2 Å². The van der Waals surface area contributed by atoms with E-state index in [1.165, 1.54) is 4.90 Å². The molecule has 0 bridgehead atoms. The average molecular weight is 300 g/mol. The maximum atomic E-state index is 12.7. The maximum Gasteiger partial charge on any atom is 0.240 e. The summed E-state index contributed by atoms with van der Waals surface area (Å²) in [7, 11) is 0. The van der Waals surface area contributed by atoms with Crippen LogP contribution in [0.2, 0.25) is 0 Å². The molecule has 2 aliphatic rings. The van der Waals surface area contributed by atoms with E-state index < -0.39 is 5.41 Å². The van der Waals surface area contributed by atoms with Crippen molar-refractivity contribution in [2.75, 3.05) is 6.54 Å². The minimum absolute atomic E-state index is 0.0867. The van der Waals surface area contributed by atoms with Gasteiger partial charge in [0.25, 0.3) is 0 Å². The minimum atomic E-state index is -0.814. The van der Waals surface area contributed by atoms with E-state index in [0.29, 0.717) is 6.04 Å². The van der Waals surface area contributed by atoms with E-state index in [-0.39, 0.29) is 37.1 Å². The maximum absolute atomic E-state index is 12.7. The Bertz CT molecular complexity index is 610. The summed E-state index contributed by atoms with van der Waals surface area (Å²) in [4.78, 5) is 37.8. The van der Waals surface area contributed by atoms with Gasteiger partial charge in [0.1, 0.15) is 0 Å². The molecule has 0 spiro atoms. The lowest BCUT2D eigenvalue weighted by Crippen LogP contribution is -2.39. The fraction of sp³-hybridized carbons (Fsp3) is 0.471. The predicted octanol–water partition coefficient (Wildman–Crippen LogP) is 1.37. The first-order valence-electron chi connectivity index (χ1n) is 7.70. The summed E-state index contributed by atoms with van der Waals surface area (Å²) < 4.78 is 0. The molecule has 1 atom stereocenters. The van der Waals surface area contributed by atoms with Crippen molar-refractivity contribution >= 4 is 17.7 Å². The van der Waals surface area contributed by atoms with Crippen LogP contribution in [-0.4, -0.2) is 35.2 Å². The molecular formula is C17H20N2O3. The number of nitrogens with zero attached hydrogens (tertiary/aromatic N) is 1. The monoisotopic (exact) mass is 300 g/mol. The van der Waals surface area contributed by atoms with Crippen LogP contribution in [0.5, 0.6) is 0 Å². The molecule has 3 rings (SSSR count). The number of imide groups is 1. The number of likely N-dealkylation sites (tertiary alicyclic amines) is 1. The van der Waals surface area contributed by atoms with Gasteiger partial charge < -0.3 is 5.32 Å². The Balaban J connectivity index is 1.67. The Morgan fingerprint density at radius 2 is 1.95 bits per heavy atom. The Hall–Kier alpha value is -2.17. The molecule has 1 saturated carbocycles. The number of benzene rings is 1. The number of nitrogens with one attached hydrogen (secondary N) is 1. The van der Waals surface area contributed by atoms with Gasteiger partial charge in [-0.1, -0.05) is 30.3 Å². The third-order valence-electron chi connectivity index (χ3n) is 4.44. The van der Waals surface area contributed by atoms with Crippen LogP contribution < -0.4 is 5.32 Å². The molecule has 1 aromatic rings. The second kappa shape index (κ2) is 5.55. The predicted molar refractivity (Wildman–Crippen MR) is 80.9 cm³/mol. The van der Waals surface area contributed by atoms with Crippen LogP contribution in [0.3, 0.4) is 0 Å². The molecule has 5 nitrogen and oxygen atoms in total. The zero-order valence-electron chi connectivity index (χ0n) is 12.7. The summed E-state index contributed by atoms with van der Waals surface area (Å²) in [6, 6.07) is 9.65. The van der Waals surface area contributed by atoms with Gasteiger partial charge in [-0.3, -0.25) is 19.3 Å². The second-order valence-electron chi connectivity index (χ2n) is 6.32. The first-order chi connectivity index (χ1) is 10.5. The van der Waals surface area contributed by atoms with Crippen LogP contribution in [0.15, 0.2) is 30.3 Å². The molecule has 1 aromatic carbocycles. The highest BCUT2D eigenvalue weighted by molar-refractivity contribution is 6.09. The van der Waals surface area contributed by atoms with Gasteiger partial charge >= 0.3 is 0 Å². The average Bonchev–Trinajstić information content (AvgIpc) is 3.28. The summed E-state index contributed by atoms with van der Waals surface area (Å²) in [5.74, 6) is -0.491. The molecule has 116 valence electrons. The van der Waals surface area contributed by atoms with Gasteiger partial charge in [-0.15, -0.1) is 0 Å². The molecule has 5 heteroatoms. The highest BCUT2D eigenvalue weighted by atomic mass is 16.2. The van der Waals surface area contributed by atoms with Gasteiger partial charge in [-0.05, 0) is 25.3 Å². The molecule has 1 unspecified atom stereocenters. The van der Waals surface area contributed by atoms with E-state index >= 15 is 0 Å². The van der Waals surface area contributed by atoms with Gasteiger partial charge in [-0.2, -0.15) is 0 Å². The lowest BCUT2D eigenvalue weighted by molar-refractivity contribution is -0.140. The van der Waals surface area contributed by atoms with E-state index in [1.54, 1.807) is 6.92 Å². The molecule has 1 saturated heterocycles. The topological polar surface area (TPSA) is 66.5 Å². The zero-order valence-corrected chi connectivity index (χ0v) is 12.7. The largest absolute Gasteiger partial charge is 0.353 e. The lowest BCUT2D eigenvalue weighted by Gasteiger charge is -2.22. The Morgan fingerprint density at radius 1 is 1.27 bits per heavy atom. The smallest absolute Gasteiger partial charge is 0.240 e. The number of hydrogen-bond acceptors (Lipinski definition) is 3. The first-order valence-corrected chi connectivity index (χ1v) is 7.70. The molecule has 1 aliphatic carbocycles. The summed E-state index contributed by atoms with van der Waals surface area (Å²) in [5.41, 5.74) is 0.0315. The SMILES string of the molecule is CC1(c2ccccc2)CC(=O)N(CCC(=O)NC2CC2)C1=O. The molecule has 1 N–H and O–H groups in total. The molecule has 1 heterocycles. The molecule has 2 fully saturated rings.